The number of nitrogens with zero attached hydrogens (tertiary/aromatic N) is 1. The van der Waals surface area contributed by atoms with Crippen molar-refractivity contribution >= 4 is 40.4 Å². The van der Waals surface area contributed by atoms with Crippen LogP contribution >= 0.6 is 0 Å². The molecule has 2 N–H and O–H groups in total. The fourth-order valence-corrected chi connectivity index (χ4v) is 3.74. The summed E-state index contributed by atoms with van der Waals surface area (Å²) in [5, 5.41) is 21.3. The minimum absolute atomic E-state index is 0.0850. The predicted molar refractivity (Wildman–Crippen MR) is 127 cm³/mol. The third-order valence-electron chi connectivity index (χ3n) is 5.45. The van der Waals surface area contributed by atoms with Gasteiger partial charge in [-0.25, -0.2) is 0 Å². The van der Waals surface area contributed by atoms with Gasteiger partial charge in [0.15, 0.2) is 0 Å². The standard InChI is InChI=1S/C26H26BNO2/c1-26(2,3)20-11-15-22(16-12-20)28(23-17-13-21(14-18-23)27(29)30)25-10-6-8-19-7-4-5-9-24(19)25/h4-18,29-30H,1-3H3. The Hall–Kier alpha value is -3.08. The van der Waals surface area contributed by atoms with E-state index in [1.807, 2.05) is 18.2 Å². The molecule has 150 valence electrons. The zero-order valence-electron chi connectivity index (χ0n) is 17.6. The molecule has 0 saturated carbocycles. The Morgan fingerprint density at radius 1 is 0.667 bits per heavy atom. The van der Waals surface area contributed by atoms with Crippen LogP contribution in [0.25, 0.3) is 10.8 Å². The summed E-state index contributed by atoms with van der Waals surface area (Å²) in [4.78, 5) is 2.21. The maximum Gasteiger partial charge on any atom is 0.488 e. The summed E-state index contributed by atoms with van der Waals surface area (Å²) in [7, 11) is -1.48. The molecule has 0 amide bonds. The molecule has 4 rings (SSSR count). The molecule has 0 heterocycles. The Kier molecular flexibility index (Phi) is 5.38. The number of benzene rings is 4. The van der Waals surface area contributed by atoms with Crippen molar-refractivity contribution < 1.29 is 10.0 Å². The quantitative estimate of drug-likeness (QED) is 0.462. The molecule has 0 aliphatic carbocycles. The van der Waals surface area contributed by atoms with E-state index in [4.69, 9.17) is 0 Å². The molecular weight excluding hydrogens is 369 g/mol. The second kappa shape index (κ2) is 7.98. The molecule has 0 aromatic heterocycles. The highest BCUT2D eigenvalue weighted by Gasteiger charge is 2.18. The average molecular weight is 395 g/mol. The van der Waals surface area contributed by atoms with Crippen LogP contribution in [0.5, 0.6) is 0 Å². The fraction of sp³-hybridized carbons (Fsp3) is 0.154. The van der Waals surface area contributed by atoms with Gasteiger partial charge < -0.3 is 14.9 Å². The summed E-state index contributed by atoms with van der Waals surface area (Å²) in [5.74, 6) is 0. The lowest BCUT2D eigenvalue weighted by molar-refractivity contribution is 0.426. The van der Waals surface area contributed by atoms with Crippen molar-refractivity contribution in [1.29, 1.82) is 0 Å². The van der Waals surface area contributed by atoms with Crippen molar-refractivity contribution in [3.63, 3.8) is 0 Å². The van der Waals surface area contributed by atoms with Crippen molar-refractivity contribution in [2.75, 3.05) is 4.90 Å². The van der Waals surface area contributed by atoms with Crippen LogP contribution in [0.15, 0.2) is 91.0 Å². The minimum atomic E-state index is -1.48. The summed E-state index contributed by atoms with van der Waals surface area (Å²) in [6.45, 7) is 6.64. The van der Waals surface area contributed by atoms with Gasteiger partial charge in [-0.3, -0.25) is 0 Å². The highest BCUT2D eigenvalue weighted by atomic mass is 16.4. The van der Waals surface area contributed by atoms with E-state index in [0.717, 1.165) is 22.4 Å². The van der Waals surface area contributed by atoms with Gasteiger partial charge in [0.1, 0.15) is 0 Å². The van der Waals surface area contributed by atoms with Gasteiger partial charge in [-0.2, -0.15) is 0 Å². The molecule has 0 aliphatic heterocycles. The molecule has 4 heteroatoms. The molecule has 0 fully saturated rings. The number of rotatable bonds is 4. The molecule has 0 radical (unpaired) electrons. The van der Waals surface area contributed by atoms with Gasteiger partial charge in [-0.05, 0) is 52.2 Å². The first-order valence-electron chi connectivity index (χ1n) is 10.2. The van der Waals surface area contributed by atoms with Gasteiger partial charge in [0.25, 0.3) is 0 Å². The van der Waals surface area contributed by atoms with Gasteiger partial charge >= 0.3 is 7.12 Å². The zero-order valence-corrected chi connectivity index (χ0v) is 17.6. The minimum Gasteiger partial charge on any atom is -0.423 e. The summed E-state index contributed by atoms with van der Waals surface area (Å²) < 4.78 is 0. The summed E-state index contributed by atoms with van der Waals surface area (Å²) in [6.07, 6.45) is 0. The van der Waals surface area contributed by atoms with E-state index in [2.05, 4.69) is 86.3 Å². The molecule has 0 bridgehead atoms. The van der Waals surface area contributed by atoms with Gasteiger partial charge in [-0.1, -0.05) is 81.4 Å². The topological polar surface area (TPSA) is 43.7 Å². The van der Waals surface area contributed by atoms with Crippen molar-refractivity contribution in [2.45, 2.75) is 26.2 Å². The van der Waals surface area contributed by atoms with Gasteiger partial charge in [0.05, 0.1) is 5.69 Å². The second-order valence-corrected chi connectivity index (χ2v) is 8.60. The van der Waals surface area contributed by atoms with Gasteiger partial charge in [0, 0.05) is 16.8 Å². The lowest BCUT2D eigenvalue weighted by Gasteiger charge is -2.28. The van der Waals surface area contributed by atoms with Crippen LogP contribution in [-0.2, 0) is 5.41 Å². The van der Waals surface area contributed by atoms with Crippen molar-refractivity contribution in [3.8, 4) is 0 Å². The third-order valence-corrected chi connectivity index (χ3v) is 5.45. The Balaban J connectivity index is 1.89. The van der Waals surface area contributed by atoms with Crippen LogP contribution in [0, 0.1) is 0 Å². The molecule has 0 aliphatic rings. The van der Waals surface area contributed by atoms with Crippen LogP contribution in [0.2, 0.25) is 0 Å². The Morgan fingerprint density at radius 2 is 1.23 bits per heavy atom. The van der Waals surface area contributed by atoms with Crippen molar-refractivity contribution in [2.24, 2.45) is 0 Å². The normalized spacial score (nSPS) is 11.5. The average Bonchev–Trinajstić information content (AvgIpc) is 2.74. The van der Waals surface area contributed by atoms with E-state index >= 15 is 0 Å². The van der Waals surface area contributed by atoms with E-state index in [9.17, 15) is 10.0 Å². The number of hydrogen-bond donors (Lipinski definition) is 2. The smallest absolute Gasteiger partial charge is 0.423 e. The molecule has 3 nitrogen and oxygen atoms in total. The Bertz CT molecular complexity index is 1140. The molecule has 0 spiro atoms. The first-order chi connectivity index (χ1) is 14.3. The maximum absolute atomic E-state index is 9.48. The van der Waals surface area contributed by atoms with E-state index in [0.29, 0.717) is 5.46 Å². The molecule has 0 saturated heterocycles. The summed E-state index contributed by atoms with van der Waals surface area (Å²) in [6, 6.07) is 30.7. The summed E-state index contributed by atoms with van der Waals surface area (Å²) in [5.41, 5.74) is 4.93. The predicted octanol–water partition coefficient (Wildman–Crippen LogP) is 5.29. The molecular formula is C26H26BNO2. The van der Waals surface area contributed by atoms with Crippen LogP contribution in [0.3, 0.4) is 0 Å². The molecule has 0 unspecified atom stereocenters. The SMILES string of the molecule is CC(C)(C)c1ccc(N(c2ccc(B(O)O)cc2)c2cccc3ccccc23)cc1. The first-order valence-corrected chi connectivity index (χ1v) is 10.2. The van der Waals surface area contributed by atoms with Gasteiger partial charge in [-0.15, -0.1) is 0 Å². The van der Waals surface area contributed by atoms with Crippen LogP contribution < -0.4 is 10.4 Å². The summed E-state index contributed by atoms with van der Waals surface area (Å²) >= 11 is 0. The molecule has 30 heavy (non-hydrogen) atoms. The molecule has 0 atom stereocenters. The number of hydrogen-bond acceptors (Lipinski definition) is 3. The van der Waals surface area contributed by atoms with Crippen molar-refractivity contribution in [1.82, 2.24) is 0 Å². The molecule has 4 aromatic carbocycles. The highest BCUT2D eigenvalue weighted by molar-refractivity contribution is 6.58. The second-order valence-electron chi connectivity index (χ2n) is 8.60. The largest absolute Gasteiger partial charge is 0.488 e. The van der Waals surface area contributed by atoms with E-state index in [1.54, 1.807) is 12.1 Å². The van der Waals surface area contributed by atoms with E-state index in [1.165, 1.54) is 10.9 Å². The third kappa shape index (κ3) is 3.97. The number of fused-ring (bicyclic) bond motifs is 1. The van der Waals surface area contributed by atoms with Gasteiger partial charge in [0.2, 0.25) is 0 Å². The van der Waals surface area contributed by atoms with Crippen molar-refractivity contribution in [3.05, 3.63) is 96.6 Å². The lowest BCUT2D eigenvalue weighted by Crippen LogP contribution is -2.29. The maximum atomic E-state index is 9.48. The first kappa shape index (κ1) is 20.2. The Labute approximate surface area is 178 Å². The van der Waals surface area contributed by atoms with Crippen LogP contribution in [-0.4, -0.2) is 17.2 Å². The monoisotopic (exact) mass is 395 g/mol. The van der Waals surface area contributed by atoms with Crippen LogP contribution in [0.4, 0.5) is 17.1 Å². The lowest BCUT2D eigenvalue weighted by atomic mass is 9.80. The highest BCUT2D eigenvalue weighted by Crippen LogP contribution is 2.39. The van der Waals surface area contributed by atoms with E-state index in [-0.39, 0.29) is 5.41 Å². The molecule has 4 aromatic rings. The van der Waals surface area contributed by atoms with Crippen LogP contribution in [0.1, 0.15) is 26.3 Å². The fourth-order valence-electron chi connectivity index (χ4n) is 3.74. The zero-order chi connectivity index (χ0) is 21.3. The number of anilines is 3. The Morgan fingerprint density at radius 3 is 1.83 bits per heavy atom. The van der Waals surface area contributed by atoms with E-state index < -0.39 is 7.12 Å².